The second-order valence-corrected chi connectivity index (χ2v) is 4.22. The van der Waals surface area contributed by atoms with Crippen LogP contribution in [0.25, 0.3) is 0 Å². The van der Waals surface area contributed by atoms with Gasteiger partial charge in [-0.05, 0) is 31.5 Å². The lowest BCUT2D eigenvalue weighted by Crippen LogP contribution is -2.32. The van der Waals surface area contributed by atoms with Crippen molar-refractivity contribution in [2.75, 3.05) is 0 Å². The first-order chi connectivity index (χ1) is 7.54. The van der Waals surface area contributed by atoms with Crippen molar-refractivity contribution in [2.45, 2.75) is 32.7 Å². The molecule has 1 atom stereocenters. The molecule has 1 amide bonds. The van der Waals surface area contributed by atoms with E-state index < -0.39 is 11.7 Å². The van der Waals surface area contributed by atoms with Crippen LogP contribution in [0.5, 0.6) is 0 Å². The first-order valence-corrected chi connectivity index (χ1v) is 5.68. The van der Waals surface area contributed by atoms with Crippen molar-refractivity contribution >= 4 is 17.5 Å². The summed E-state index contributed by atoms with van der Waals surface area (Å²) in [6.45, 7) is 3.93. The van der Waals surface area contributed by atoms with Gasteiger partial charge in [-0.3, -0.25) is 4.79 Å². The van der Waals surface area contributed by atoms with Crippen LogP contribution in [-0.4, -0.2) is 11.9 Å². The zero-order chi connectivity index (χ0) is 12.1. The van der Waals surface area contributed by atoms with Crippen molar-refractivity contribution in [3.8, 4) is 0 Å². The average Bonchev–Trinajstić information content (AvgIpc) is 2.17. The Kier molecular flexibility index (Phi) is 4.74. The topological polar surface area (TPSA) is 29.1 Å². The van der Waals surface area contributed by atoms with Crippen LogP contribution >= 0.6 is 11.6 Å². The van der Waals surface area contributed by atoms with Crippen LogP contribution in [0.15, 0.2) is 18.2 Å². The van der Waals surface area contributed by atoms with Crippen molar-refractivity contribution in [1.82, 2.24) is 5.32 Å². The molecule has 1 aromatic rings. The second-order valence-electron chi connectivity index (χ2n) is 3.79. The molecule has 1 aromatic carbocycles. The minimum absolute atomic E-state index is 0.0346. The quantitative estimate of drug-likeness (QED) is 0.863. The number of halogens is 2. The van der Waals surface area contributed by atoms with Crippen LogP contribution in [0, 0.1) is 5.82 Å². The van der Waals surface area contributed by atoms with Gasteiger partial charge in [-0.25, -0.2) is 4.39 Å². The summed E-state index contributed by atoms with van der Waals surface area (Å²) in [5.74, 6) is -0.983. The highest BCUT2D eigenvalue weighted by Gasteiger charge is 2.13. The minimum atomic E-state index is -0.589. The van der Waals surface area contributed by atoms with E-state index in [0.717, 1.165) is 18.9 Å². The summed E-state index contributed by atoms with van der Waals surface area (Å²) in [4.78, 5) is 11.7. The van der Waals surface area contributed by atoms with E-state index in [1.165, 1.54) is 12.1 Å². The highest BCUT2D eigenvalue weighted by atomic mass is 35.5. The van der Waals surface area contributed by atoms with E-state index in [4.69, 9.17) is 11.6 Å². The Labute approximate surface area is 99.8 Å². The summed E-state index contributed by atoms with van der Waals surface area (Å²) < 4.78 is 13.4. The number of benzene rings is 1. The van der Waals surface area contributed by atoms with E-state index in [0.29, 0.717) is 0 Å². The Morgan fingerprint density at radius 3 is 2.81 bits per heavy atom. The van der Waals surface area contributed by atoms with E-state index in [1.807, 2.05) is 13.8 Å². The zero-order valence-corrected chi connectivity index (χ0v) is 10.1. The summed E-state index contributed by atoms with van der Waals surface area (Å²) in [6, 6.07) is 4.09. The molecule has 0 aliphatic carbocycles. The average molecular weight is 244 g/mol. The Balaban J connectivity index is 2.73. The molecule has 1 unspecified atom stereocenters. The Morgan fingerprint density at radius 2 is 2.25 bits per heavy atom. The fourth-order valence-electron chi connectivity index (χ4n) is 1.48. The maximum atomic E-state index is 13.4. The minimum Gasteiger partial charge on any atom is -0.349 e. The standard InChI is InChI=1S/C12H15ClFNO/c1-3-4-8(2)15-12(16)10-6-5-9(13)7-11(10)14/h5-8H,3-4H2,1-2H3,(H,15,16). The molecule has 0 heterocycles. The molecule has 0 radical (unpaired) electrons. The van der Waals surface area contributed by atoms with Gasteiger partial charge in [0, 0.05) is 11.1 Å². The third kappa shape index (κ3) is 3.49. The van der Waals surface area contributed by atoms with Gasteiger partial charge in [0.05, 0.1) is 5.56 Å². The second kappa shape index (κ2) is 5.85. The monoisotopic (exact) mass is 243 g/mol. The van der Waals surface area contributed by atoms with E-state index in [-0.39, 0.29) is 16.6 Å². The van der Waals surface area contributed by atoms with Gasteiger partial charge in [-0.15, -0.1) is 0 Å². The van der Waals surface area contributed by atoms with E-state index >= 15 is 0 Å². The number of nitrogens with one attached hydrogen (secondary N) is 1. The lowest BCUT2D eigenvalue weighted by Gasteiger charge is -2.13. The first-order valence-electron chi connectivity index (χ1n) is 5.30. The molecule has 4 heteroatoms. The summed E-state index contributed by atoms with van der Waals surface area (Å²) in [7, 11) is 0. The van der Waals surface area contributed by atoms with Crippen LogP contribution in [0.2, 0.25) is 5.02 Å². The molecule has 1 N–H and O–H groups in total. The van der Waals surface area contributed by atoms with Gasteiger partial charge in [0.15, 0.2) is 0 Å². The maximum absolute atomic E-state index is 13.4. The normalized spacial score (nSPS) is 12.2. The van der Waals surface area contributed by atoms with Crippen LogP contribution in [-0.2, 0) is 0 Å². The fourth-order valence-corrected chi connectivity index (χ4v) is 1.64. The number of hydrogen-bond acceptors (Lipinski definition) is 1. The molecule has 0 aliphatic heterocycles. The molecule has 0 saturated carbocycles. The molecule has 2 nitrogen and oxygen atoms in total. The smallest absolute Gasteiger partial charge is 0.254 e. The van der Waals surface area contributed by atoms with Crippen LogP contribution in [0.3, 0.4) is 0 Å². The van der Waals surface area contributed by atoms with Gasteiger partial charge in [0.25, 0.3) is 5.91 Å². The van der Waals surface area contributed by atoms with Crippen LogP contribution in [0.4, 0.5) is 4.39 Å². The highest BCUT2D eigenvalue weighted by Crippen LogP contribution is 2.14. The lowest BCUT2D eigenvalue weighted by atomic mass is 10.1. The van der Waals surface area contributed by atoms with E-state index in [1.54, 1.807) is 0 Å². The van der Waals surface area contributed by atoms with Crippen molar-refractivity contribution in [1.29, 1.82) is 0 Å². The van der Waals surface area contributed by atoms with E-state index in [2.05, 4.69) is 5.32 Å². The van der Waals surface area contributed by atoms with Gasteiger partial charge in [0.1, 0.15) is 5.82 Å². The molecular weight excluding hydrogens is 229 g/mol. The predicted octanol–water partition coefficient (Wildman–Crippen LogP) is 3.40. The van der Waals surface area contributed by atoms with E-state index in [9.17, 15) is 9.18 Å². The SMILES string of the molecule is CCCC(C)NC(=O)c1ccc(Cl)cc1F. The Hall–Kier alpha value is -1.09. The number of amides is 1. The van der Waals surface area contributed by atoms with Gasteiger partial charge >= 0.3 is 0 Å². The number of hydrogen-bond donors (Lipinski definition) is 1. The van der Waals surface area contributed by atoms with Crippen molar-refractivity contribution < 1.29 is 9.18 Å². The lowest BCUT2D eigenvalue weighted by molar-refractivity contribution is 0.0934. The van der Waals surface area contributed by atoms with Gasteiger partial charge in [0.2, 0.25) is 0 Å². The molecule has 0 saturated heterocycles. The number of carbonyl (C=O) groups is 1. The molecular formula is C12H15ClFNO. The maximum Gasteiger partial charge on any atom is 0.254 e. The molecule has 0 aromatic heterocycles. The number of carbonyl (C=O) groups excluding carboxylic acids is 1. The molecule has 0 fully saturated rings. The van der Waals surface area contributed by atoms with Gasteiger partial charge < -0.3 is 5.32 Å². The summed E-state index contributed by atoms with van der Waals surface area (Å²) >= 11 is 5.61. The van der Waals surface area contributed by atoms with Crippen molar-refractivity contribution in [3.05, 3.63) is 34.6 Å². The first kappa shape index (κ1) is 13.0. The highest BCUT2D eigenvalue weighted by molar-refractivity contribution is 6.30. The summed E-state index contributed by atoms with van der Waals surface area (Å²) in [5.41, 5.74) is 0.0346. The van der Waals surface area contributed by atoms with Gasteiger partial charge in [-0.2, -0.15) is 0 Å². The van der Waals surface area contributed by atoms with Crippen LogP contribution < -0.4 is 5.32 Å². The largest absolute Gasteiger partial charge is 0.349 e. The third-order valence-corrected chi connectivity index (χ3v) is 2.51. The van der Waals surface area contributed by atoms with Crippen LogP contribution in [0.1, 0.15) is 37.0 Å². The Bertz CT molecular complexity index is 381. The molecule has 1 rings (SSSR count). The molecule has 0 bridgehead atoms. The van der Waals surface area contributed by atoms with Crippen molar-refractivity contribution in [2.24, 2.45) is 0 Å². The predicted molar refractivity (Wildman–Crippen MR) is 63.2 cm³/mol. The zero-order valence-electron chi connectivity index (χ0n) is 9.39. The van der Waals surface area contributed by atoms with Crippen molar-refractivity contribution in [3.63, 3.8) is 0 Å². The molecule has 16 heavy (non-hydrogen) atoms. The van der Waals surface area contributed by atoms with Gasteiger partial charge in [-0.1, -0.05) is 24.9 Å². The summed E-state index contributed by atoms with van der Waals surface area (Å²) in [5, 5.41) is 3.02. The Morgan fingerprint density at radius 1 is 1.56 bits per heavy atom. The molecule has 88 valence electrons. The molecule has 0 spiro atoms. The summed E-state index contributed by atoms with van der Waals surface area (Å²) in [6.07, 6.45) is 1.85. The fraction of sp³-hybridized carbons (Fsp3) is 0.417. The number of rotatable bonds is 4. The third-order valence-electron chi connectivity index (χ3n) is 2.27. The molecule has 0 aliphatic rings.